The van der Waals surface area contributed by atoms with Crippen LogP contribution in [0.3, 0.4) is 0 Å². The van der Waals surface area contributed by atoms with Gasteiger partial charge in [-0.2, -0.15) is 0 Å². The van der Waals surface area contributed by atoms with Crippen molar-refractivity contribution < 1.29 is 0 Å². The number of fused-ring (bicyclic) bond motifs is 1. The summed E-state index contributed by atoms with van der Waals surface area (Å²) in [4.78, 5) is 9.11. The van der Waals surface area contributed by atoms with E-state index in [1.165, 1.54) is 5.56 Å². The van der Waals surface area contributed by atoms with Gasteiger partial charge in [0, 0.05) is 11.1 Å². The van der Waals surface area contributed by atoms with Crippen molar-refractivity contribution >= 4 is 34.0 Å². The molecule has 3 aromatic rings. The van der Waals surface area contributed by atoms with Crippen molar-refractivity contribution in [1.82, 2.24) is 14.5 Å². The van der Waals surface area contributed by atoms with Gasteiger partial charge in [0.1, 0.15) is 10.8 Å². The van der Waals surface area contributed by atoms with Crippen molar-refractivity contribution in [3.8, 4) is 0 Å². The van der Waals surface area contributed by atoms with Crippen LogP contribution >= 0.6 is 22.9 Å². The maximum Gasteiger partial charge on any atom is 0.125 e. The first kappa shape index (κ1) is 12.6. The molecule has 1 aromatic carbocycles. The highest BCUT2D eigenvalue weighted by atomic mass is 35.5. The van der Waals surface area contributed by atoms with Gasteiger partial charge < -0.3 is 4.57 Å². The van der Waals surface area contributed by atoms with Crippen LogP contribution in [0.1, 0.15) is 22.1 Å². The topological polar surface area (TPSA) is 30.7 Å². The van der Waals surface area contributed by atoms with E-state index in [0.29, 0.717) is 5.88 Å². The SMILES string of the molecule is Cc1ccc2c(c1)nc(CCl)n2Cc1nc(C)cs1. The van der Waals surface area contributed by atoms with E-state index in [-0.39, 0.29) is 0 Å². The first-order chi connectivity index (χ1) is 9.17. The number of hydrogen-bond donors (Lipinski definition) is 0. The number of halogens is 1. The minimum absolute atomic E-state index is 0.415. The predicted octanol–water partition coefficient (Wildman–Crippen LogP) is 3.90. The zero-order valence-corrected chi connectivity index (χ0v) is 12.4. The van der Waals surface area contributed by atoms with Gasteiger partial charge in [-0.25, -0.2) is 9.97 Å². The number of aromatic nitrogens is 3. The molecule has 0 fully saturated rings. The molecule has 0 unspecified atom stereocenters. The van der Waals surface area contributed by atoms with Gasteiger partial charge in [-0.1, -0.05) is 6.07 Å². The highest BCUT2D eigenvalue weighted by Crippen LogP contribution is 2.21. The lowest BCUT2D eigenvalue weighted by Gasteiger charge is -2.05. The molecule has 3 nitrogen and oxygen atoms in total. The number of imidazole rings is 1. The largest absolute Gasteiger partial charge is 0.320 e. The van der Waals surface area contributed by atoms with Gasteiger partial charge in [-0.05, 0) is 31.5 Å². The number of rotatable bonds is 3. The van der Waals surface area contributed by atoms with E-state index in [4.69, 9.17) is 11.6 Å². The van der Waals surface area contributed by atoms with Crippen molar-refractivity contribution in [3.63, 3.8) is 0 Å². The van der Waals surface area contributed by atoms with Gasteiger partial charge in [0.15, 0.2) is 0 Å². The third-order valence-corrected chi connectivity index (χ3v) is 4.25. The summed E-state index contributed by atoms with van der Waals surface area (Å²) in [7, 11) is 0. The number of aryl methyl sites for hydroxylation is 2. The maximum absolute atomic E-state index is 6.01. The molecule has 0 spiro atoms. The molecule has 0 aliphatic heterocycles. The van der Waals surface area contributed by atoms with Crippen molar-refractivity contribution in [3.05, 3.63) is 45.7 Å². The van der Waals surface area contributed by atoms with Gasteiger partial charge in [0.25, 0.3) is 0 Å². The molecule has 5 heteroatoms. The van der Waals surface area contributed by atoms with Gasteiger partial charge in [0.2, 0.25) is 0 Å². The van der Waals surface area contributed by atoms with E-state index < -0.39 is 0 Å². The van der Waals surface area contributed by atoms with Gasteiger partial charge in [-0.15, -0.1) is 22.9 Å². The van der Waals surface area contributed by atoms with Crippen molar-refractivity contribution in [1.29, 1.82) is 0 Å². The Morgan fingerprint density at radius 1 is 1.26 bits per heavy atom. The number of nitrogens with zero attached hydrogens (tertiary/aromatic N) is 3. The van der Waals surface area contributed by atoms with E-state index >= 15 is 0 Å². The second-order valence-electron chi connectivity index (χ2n) is 4.62. The Kier molecular flexibility index (Phi) is 3.29. The van der Waals surface area contributed by atoms with E-state index in [9.17, 15) is 0 Å². The Morgan fingerprint density at radius 3 is 2.79 bits per heavy atom. The summed E-state index contributed by atoms with van der Waals surface area (Å²) in [6.07, 6.45) is 0. The molecule has 0 amide bonds. The van der Waals surface area contributed by atoms with Crippen molar-refractivity contribution in [2.24, 2.45) is 0 Å². The van der Waals surface area contributed by atoms with Crippen molar-refractivity contribution in [2.45, 2.75) is 26.3 Å². The van der Waals surface area contributed by atoms with Crippen LogP contribution in [-0.2, 0) is 12.4 Å². The quantitative estimate of drug-likeness (QED) is 0.685. The van der Waals surface area contributed by atoms with E-state index in [1.807, 2.05) is 6.92 Å². The average molecular weight is 292 g/mol. The molecule has 2 aromatic heterocycles. The predicted molar refractivity (Wildman–Crippen MR) is 80.0 cm³/mol. The highest BCUT2D eigenvalue weighted by molar-refractivity contribution is 7.09. The average Bonchev–Trinajstić information content (AvgIpc) is 2.94. The van der Waals surface area contributed by atoms with E-state index in [2.05, 4.69) is 45.0 Å². The molecule has 0 atom stereocenters. The van der Waals surface area contributed by atoms with Gasteiger partial charge in [0.05, 0.1) is 23.5 Å². The van der Waals surface area contributed by atoms with Crippen LogP contribution in [0.4, 0.5) is 0 Å². The van der Waals surface area contributed by atoms with Crippen LogP contribution in [0.15, 0.2) is 23.6 Å². The fraction of sp³-hybridized carbons (Fsp3) is 0.286. The Morgan fingerprint density at radius 2 is 2.11 bits per heavy atom. The monoisotopic (exact) mass is 291 g/mol. The number of hydrogen-bond acceptors (Lipinski definition) is 3. The number of benzene rings is 1. The molecule has 3 rings (SSSR count). The standard InChI is InChI=1S/C14H14ClN3S/c1-9-3-4-12-11(5-9)17-13(6-15)18(12)7-14-16-10(2)8-19-14/h3-5,8H,6-7H2,1-2H3. The number of thiazole rings is 1. The molecule has 0 radical (unpaired) electrons. The van der Waals surface area contributed by atoms with Crippen LogP contribution in [0.5, 0.6) is 0 Å². The van der Waals surface area contributed by atoms with Gasteiger partial charge in [-0.3, -0.25) is 0 Å². The fourth-order valence-electron chi connectivity index (χ4n) is 2.18. The normalized spacial score (nSPS) is 11.3. The first-order valence-electron chi connectivity index (χ1n) is 6.10. The Labute approximate surface area is 120 Å². The third-order valence-electron chi connectivity index (χ3n) is 3.06. The van der Waals surface area contributed by atoms with Crippen LogP contribution in [0.2, 0.25) is 0 Å². The van der Waals surface area contributed by atoms with Crippen LogP contribution in [0, 0.1) is 13.8 Å². The molecule has 98 valence electrons. The van der Waals surface area contributed by atoms with Gasteiger partial charge >= 0.3 is 0 Å². The molecule has 19 heavy (non-hydrogen) atoms. The van der Waals surface area contributed by atoms with Crippen LogP contribution in [0.25, 0.3) is 11.0 Å². The summed E-state index contributed by atoms with van der Waals surface area (Å²) < 4.78 is 2.15. The minimum atomic E-state index is 0.415. The van der Waals surface area contributed by atoms with E-state index in [0.717, 1.165) is 34.1 Å². The first-order valence-corrected chi connectivity index (χ1v) is 7.51. The summed E-state index contributed by atoms with van der Waals surface area (Å²) in [6.45, 7) is 4.82. The molecule has 0 bridgehead atoms. The summed E-state index contributed by atoms with van der Waals surface area (Å²) in [5, 5.41) is 3.16. The van der Waals surface area contributed by atoms with Crippen molar-refractivity contribution in [2.75, 3.05) is 0 Å². The summed E-state index contributed by atoms with van der Waals surface area (Å²) >= 11 is 7.69. The highest BCUT2D eigenvalue weighted by Gasteiger charge is 2.11. The Bertz CT molecular complexity index is 729. The fourth-order valence-corrected chi connectivity index (χ4v) is 3.14. The summed E-state index contributed by atoms with van der Waals surface area (Å²) in [5.74, 6) is 1.31. The minimum Gasteiger partial charge on any atom is -0.320 e. The molecule has 0 saturated heterocycles. The molecule has 2 heterocycles. The summed E-state index contributed by atoms with van der Waals surface area (Å²) in [6, 6.07) is 6.30. The molecule has 0 N–H and O–H groups in total. The molecule has 0 saturated carbocycles. The lowest BCUT2D eigenvalue weighted by molar-refractivity contribution is 0.771. The molecular formula is C14H14ClN3S. The van der Waals surface area contributed by atoms with Crippen LogP contribution < -0.4 is 0 Å². The number of alkyl halides is 1. The lowest BCUT2D eigenvalue weighted by atomic mass is 10.2. The molecule has 0 aliphatic rings. The van der Waals surface area contributed by atoms with Crippen LogP contribution in [-0.4, -0.2) is 14.5 Å². The zero-order valence-electron chi connectivity index (χ0n) is 10.9. The second-order valence-corrected chi connectivity index (χ2v) is 5.83. The zero-order chi connectivity index (χ0) is 13.4. The second kappa shape index (κ2) is 4.94. The Balaban J connectivity index is 2.10. The smallest absolute Gasteiger partial charge is 0.125 e. The Hall–Kier alpha value is -1.39. The summed E-state index contributed by atoms with van der Waals surface area (Å²) in [5.41, 5.74) is 4.40. The lowest BCUT2D eigenvalue weighted by Crippen LogP contribution is -2.03. The maximum atomic E-state index is 6.01. The molecular weight excluding hydrogens is 278 g/mol. The molecule has 0 aliphatic carbocycles. The van der Waals surface area contributed by atoms with E-state index in [1.54, 1.807) is 11.3 Å². The third kappa shape index (κ3) is 2.38.